The highest BCUT2D eigenvalue weighted by Crippen LogP contribution is 2.13. The first-order valence-corrected chi connectivity index (χ1v) is 6.45. The maximum Gasteiger partial charge on any atom is 0.000445 e. The Kier molecular flexibility index (Phi) is 5.62. The molecule has 0 amide bonds. The third-order valence-corrected chi connectivity index (χ3v) is 3.63. The molecule has 0 bridgehead atoms. The molecule has 2 rings (SSSR count). The van der Waals surface area contributed by atoms with Crippen molar-refractivity contribution in [3.05, 3.63) is 0 Å². The van der Waals surface area contributed by atoms with Crippen molar-refractivity contribution in [2.24, 2.45) is 11.8 Å². The minimum atomic E-state index is 0.949. The highest BCUT2D eigenvalue weighted by molar-refractivity contribution is 4.67. The molecule has 0 spiro atoms. The molecule has 1 unspecified atom stereocenters. The quantitative estimate of drug-likeness (QED) is 0.608. The number of nitrogens with zero attached hydrogens (tertiary/aromatic N) is 2. The second kappa shape index (κ2) is 6.49. The number of hydrogen-bond donors (Lipinski definition) is 0. The van der Waals surface area contributed by atoms with E-state index in [1.54, 1.807) is 0 Å². The smallest absolute Gasteiger partial charge is 0.000445 e. The average Bonchev–Trinajstić information content (AvgIpc) is 2.56. The number of piperidine rings is 1. The average molecular weight is 212 g/mol. The van der Waals surface area contributed by atoms with Gasteiger partial charge in [-0.3, -0.25) is 0 Å². The van der Waals surface area contributed by atoms with Crippen LogP contribution < -0.4 is 0 Å². The van der Waals surface area contributed by atoms with Gasteiger partial charge in [0.25, 0.3) is 0 Å². The van der Waals surface area contributed by atoms with E-state index in [1.807, 2.05) is 0 Å². The Morgan fingerprint density at radius 1 is 0.733 bits per heavy atom. The molecule has 0 radical (unpaired) electrons. The van der Waals surface area contributed by atoms with Crippen molar-refractivity contribution >= 4 is 0 Å². The van der Waals surface area contributed by atoms with E-state index >= 15 is 0 Å². The van der Waals surface area contributed by atoms with Gasteiger partial charge in [0.05, 0.1) is 0 Å². The summed E-state index contributed by atoms with van der Waals surface area (Å²) in [6, 6.07) is 0. The van der Waals surface area contributed by atoms with E-state index in [2.05, 4.69) is 37.7 Å². The second-order valence-electron chi connectivity index (χ2n) is 5.64. The molecule has 0 N–H and O–H groups in total. The van der Waals surface area contributed by atoms with Gasteiger partial charge in [0, 0.05) is 6.54 Å². The van der Waals surface area contributed by atoms with E-state index in [0.29, 0.717) is 0 Å². The summed E-state index contributed by atoms with van der Waals surface area (Å²) < 4.78 is 0. The minimum Gasteiger partial charge on any atom is -0.306 e. The van der Waals surface area contributed by atoms with Crippen molar-refractivity contribution in [3.8, 4) is 0 Å². The summed E-state index contributed by atoms with van der Waals surface area (Å²) in [5.74, 6) is 1.93. The van der Waals surface area contributed by atoms with Crippen LogP contribution in [0, 0.1) is 11.8 Å². The lowest BCUT2D eigenvalue weighted by molar-refractivity contribution is 0.230. The SMILES string of the molecule is CC1CCN(C)C1.CC1CCN(C)CC1. The summed E-state index contributed by atoms with van der Waals surface area (Å²) in [5.41, 5.74) is 0. The monoisotopic (exact) mass is 212 g/mol. The first-order valence-electron chi connectivity index (χ1n) is 6.45. The molecule has 2 saturated heterocycles. The van der Waals surface area contributed by atoms with Gasteiger partial charge in [-0.2, -0.15) is 0 Å². The summed E-state index contributed by atoms with van der Waals surface area (Å²) in [4.78, 5) is 4.78. The fraction of sp³-hybridized carbons (Fsp3) is 1.00. The van der Waals surface area contributed by atoms with Crippen LogP contribution >= 0.6 is 0 Å². The zero-order valence-electron chi connectivity index (χ0n) is 11.0. The van der Waals surface area contributed by atoms with E-state index < -0.39 is 0 Å². The van der Waals surface area contributed by atoms with Crippen LogP contribution in [-0.2, 0) is 0 Å². The molecule has 2 aliphatic rings. The van der Waals surface area contributed by atoms with Crippen LogP contribution in [0.25, 0.3) is 0 Å². The Balaban J connectivity index is 0.000000151. The number of rotatable bonds is 0. The molecule has 2 heteroatoms. The van der Waals surface area contributed by atoms with Crippen LogP contribution in [0.1, 0.15) is 33.1 Å². The molecule has 0 aromatic rings. The number of likely N-dealkylation sites (tertiary alicyclic amines) is 2. The van der Waals surface area contributed by atoms with Gasteiger partial charge in [-0.1, -0.05) is 13.8 Å². The largest absolute Gasteiger partial charge is 0.306 e. The van der Waals surface area contributed by atoms with Gasteiger partial charge in [0.2, 0.25) is 0 Å². The maximum atomic E-state index is 2.40. The molecular formula is C13H28N2. The molecule has 1 atom stereocenters. The predicted molar refractivity (Wildman–Crippen MR) is 67.2 cm³/mol. The normalized spacial score (nSPS) is 30.0. The van der Waals surface area contributed by atoms with E-state index in [4.69, 9.17) is 0 Å². The van der Waals surface area contributed by atoms with Gasteiger partial charge in [-0.05, 0) is 64.8 Å². The van der Waals surface area contributed by atoms with Crippen LogP contribution in [0.5, 0.6) is 0 Å². The zero-order chi connectivity index (χ0) is 11.3. The molecular weight excluding hydrogens is 184 g/mol. The maximum absolute atomic E-state index is 2.40. The van der Waals surface area contributed by atoms with Crippen LogP contribution in [0.4, 0.5) is 0 Å². The molecule has 2 fully saturated rings. The fourth-order valence-electron chi connectivity index (χ4n) is 2.29. The van der Waals surface area contributed by atoms with Crippen LogP contribution in [0.15, 0.2) is 0 Å². The van der Waals surface area contributed by atoms with Gasteiger partial charge >= 0.3 is 0 Å². The molecule has 2 aliphatic heterocycles. The molecule has 0 aromatic carbocycles. The van der Waals surface area contributed by atoms with Crippen LogP contribution in [0.2, 0.25) is 0 Å². The van der Waals surface area contributed by atoms with Crippen molar-refractivity contribution in [1.29, 1.82) is 0 Å². The van der Waals surface area contributed by atoms with Gasteiger partial charge in [0.15, 0.2) is 0 Å². The molecule has 2 heterocycles. The summed E-state index contributed by atoms with van der Waals surface area (Å²) in [7, 11) is 4.38. The van der Waals surface area contributed by atoms with E-state index in [0.717, 1.165) is 11.8 Å². The van der Waals surface area contributed by atoms with Crippen molar-refractivity contribution in [2.75, 3.05) is 40.3 Å². The Morgan fingerprint density at radius 2 is 1.20 bits per heavy atom. The van der Waals surface area contributed by atoms with Gasteiger partial charge < -0.3 is 9.80 Å². The molecule has 90 valence electrons. The van der Waals surface area contributed by atoms with Gasteiger partial charge in [-0.15, -0.1) is 0 Å². The molecule has 0 aliphatic carbocycles. The van der Waals surface area contributed by atoms with E-state index in [9.17, 15) is 0 Å². The lowest BCUT2D eigenvalue weighted by Gasteiger charge is -2.26. The molecule has 0 saturated carbocycles. The predicted octanol–water partition coefficient (Wildman–Crippen LogP) is 2.31. The van der Waals surface area contributed by atoms with Gasteiger partial charge in [0.1, 0.15) is 0 Å². The third-order valence-electron chi connectivity index (χ3n) is 3.63. The number of hydrogen-bond acceptors (Lipinski definition) is 2. The third kappa shape index (κ3) is 5.53. The van der Waals surface area contributed by atoms with Gasteiger partial charge in [-0.25, -0.2) is 0 Å². The van der Waals surface area contributed by atoms with E-state index in [-0.39, 0.29) is 0 Å². The summed E-state index contributed by atoms with van der Waals surface area (Å²) in [6.07, 6.45) is 4.20. The topological polar surface area (TPSA) is 6.48 Å². The van der Waals surface area contributed by atoms with Crippen LogP contribution in [-0.4, -0.2) is 50.1 Å². The van der Waals surface area contributed by atoms with Crippen molar-refractivity contribution in [3.63, 3.8) is 0 Å². The summed E-state index contributed by atoms with van der Waals surface area (Å²) >= 11 is 0. The fourth-order valence-corrected chi connectivity index (χ4v) is 2.29. The van der Waals surface area contributed by atoms with E-state index in [1.165, 1.54) is 45.4 Å². The Hall–Kier alpha value is -0.0800. The molecule has 0 aromatic heterocycles. The lowest BCUT2D eigenvalue weighted by atomic mass is 10.00. The first kappa shape index (κ1) is 13.0. The standard InChI is InChI=1S/C7H15N.C6H13N/c1-7-3-5-8(2)6-4-7;1-6-3-4-7(2)5-6/h7H,3-6H2,1-2H3;6H,3-5H2,1-2H3. The lowest BCUT2D eigenvalue weighted by Crippen LogP contribution is -2.28. The highest BCUT2D eigenvalue weighted by atomic mass is 15.1. The molecule has 2 nitrogen and oxygen atoms in total. The minimum absolute atomic E-state index is 0.949. The Bertz CT molecular complexity index is 144. The Morgan fingerprint density at radius 3 is 1.47 bits per heavy atom. The Labute approximate surface area is 95.6 Å². The summed E-state index contributed by atoms with van der Waals surface area (Å²) in [5, 5.41) is 0. The van der Waals surface area contributed by atoms with Crippen molar-refractivity contribution < 1.29 is 0 Å². The van der Waals surface area contributed by atoms with Crippen molar-refractivity contribution in [2.45, 2.75) is 33.1 Å². The zero-order valence-corrected chi connectivity index (χ0v) is 11.0. The molecule has 15 heavy (non-hydrogen) atoms. The van der Waals surface area contributed by atoms with Crippen LogP contribution in [0.3, 0.4) is 0 Å². The second-order valence-corrected chi connectivity index (χ2v) is 5.64. The highest BCUT2D eigenvalue weighted by Gasteiger charge is 2.13. The first-order chi connectivity index (χ1) is 7.08. The summed E-state index contributed by atoms with van der Waals surface area (Å²) in [6.45, 7) is 9.88. The van der Waals surface area contributed by atoms with Crippen molar-refractivity contribution in [1.82, 2.24) is 9.80 Å².